The molecule has 3 heterocycles. The fourth-order valence-electron chi connectivity index (χ4n) is 3.25. The van der Waals surface area contributed by atoms with Crippen LogP contribution in [0, 0.1) is 0 Å². The molecule has 1 fully saturated rings. The average Bonchev–Trinajstić information content (AvgIpc) is 2.69. The van der Waals surface area contributed by atoms with E-state index in [2.05, 4.69) is 49.0 Å². The van der Waals surface area contributed by atoms with Gasteiger partial charge in [-0.05, 0) is 24.3 Å². The maximum absolute atomic E-state index is 5.99. The lowest BCUT2D eigenvalue weighted by Gasteiger charge is -2.37. The highest BCUT2D eigenvalue weighted by atomic mass is 15.3. The highest BCUT2D eigenvalue weighted by Crippen LogP contribution is 2.26. The number of nitrogens with zero attached hydrogens (tertiary/aromatic N) is 5. The molecule has 2 aromatic heterocycles. The minimum Gasteiger partial charge on any atom is -0.382 e. The molecule has 0 spiro atoms. The summed E-state index contributed by atoms with van der Waals surface area (Å²) >= 11 is 0. The molecule has 4 N–H and O–H groups in total. The van der Waals surface area contributed by atoms with Crippen LogP contribution in [0.15, 0.2) is 54.9 Å². The van der Waals surface area contributed by atoms with Gasteiger partial charge in [0.15, 0.2) is 5.82 Å². The van der Waals surface area contributed by atoms with Gasteiger partial charge in [0.2, 0.25) is 5.95 Å². The summed E-state index contributed by atoms with van der Waals surface area (Å²) in [7, 11) is 0. The topological polar surface area (TPSA) is 97.2 Å². The van der Waals surface area contributed by atoms with Gasteiger partial charge in [-0.1, -0.05) is 18.2 Å². The molecule has 0 atom stereocenters. The van der Waals surface area contributed by atoms with Crippen LogP contribution in [0.25, 0.3) is 11.3 Å². The number of hydrogen-bond donors (Lipinski definition) is 2. The van der Waals surface area contributed by atoms with Crippen LogP contribution in [0.1, 0.15) is 0 Å². The minimum atomic E-state index is 0.205. The monoisotopic (exact) mass is 347 g/mol. The average molecular weight is 347 g/mol. The van der Waals surface area contributed by atoms with E-state index < -0.39 is 0 Å². The first-order chi connectivity index (χ1) is 12.7. The van der Waals surface area contributed by atoms with Crippen LogP contribution in [0.4, 0.5) is 23.1 Å². The smallest absolute Gasteiger partial charge is 0.222 e. The van der Waals surface area contributed by atoms with Crippen LogP contribution in [0.3, 0.4) is 0 Å². The van der Waals surface area contributed by atoms with Crippen LogP contribution < -0.4 is 21.3 Å². The second-order valence-corrected chi connectivity index (χ2v) is 6.24. The van der Waals surface area contributed by atoms with Gasteiger partial charge in [0.25, 0.3) is 0 Å². The molecule has 0 aliphatic carbocycles. The third-order valence-electron chi connectivity index (χ3n) is 4.61. The Kier molecular flexibility index (Phi) is 4.27. The molecule has 7 nitrogen and oxygen atoms in total. The highest BCUT2D eigenvalue weighted by Gasteiger charge is 2.20. The maximum atomic E-state index is 5.99. The quantitative estimate of drug-likeness (QED) is 0.748. The Balaban J connectivity index is 1.48. The number of aromatic nitrogens is 3. The van der Waals surface area contributed by atoms with Crippen molar-refractivity contribution in [2.75, 3.05) is 47.4 Å². The molecule has 3 aromatic rings. The number of nitrogens with two attached hydrogens (primary N) is 2. The number of rotatable bonds is 3. The summed E-state index contributed by atoms with van der Waals surface area (Å²) in [5.41, 5.74) is 15.7. The van der Waals surface area contributed by atoms with Gasteiger partial charge in [0, 0.05) is 43.6 Å². The van der Waals surface area contributed by atoms with Crippen molar-refractivity contribution >= 4 is 23.1 Å². The third kappa shape index (κ3) is 3.23. The predicted molar refractivity (Wildman–Crippen MR) is 105 cm³/mol. The fraction of sp³-hybridized carbons (Fsp3) is 0.211. The van der Waals surface area contributed by atoms with Gasteiger partial charge < -0.3 is 21.3 Å². The second-order valence-electron chi connectivity index (χ2n) is 6.24. The molecule has 0 bridgehead atoms. The summed E-state index contributed by atoms with van der Waals surface area (Å²) < 4.78 is 0. The molecule has 0 saturated carbocycles. The van der Waals surface area contributed by atoms with Gasteiger partial charge in [-0.25, -0.2) is 4.98 Å². The molecular formula is C19H21N7. The molecule has 0 unspecified atom stereocenters. The lowest BCUT2D eigenvalue weighted by Crippen LogP contribution is -2.46. The predicted octanol–water partition coefficient (Wildman–Crippen LogP) is 2.03. The van der Waals surface area contributed by atoms with Crippen LogP contribution in [-0.2, 0) is 0 Å². The molecule has 0 amide bonds. The molecular weight excluding hydrogens is 326 g/mol. The Labute approximate surface area is 152 Å². The molecule has 132 valence electrons. The zero-order chi connectivity index (χ0) is 17.9. The number of piperazine rings is 1. The number of anilines is 4. The summed E-state index contributed by atoms with van der Waals surface area (Å²) in [6.45, 7) is 3.50. The normalized spacial score (nSPS) is 14.5. The van der Waals surface area contributed by atoms with Crippen molar-refractivity contribution in [2.24, 2.45) is 0 Å². The molecule has 1 aliphatic rings. The fourth-order valence-corrected chi connectivity index (χ4v) is 3.25. The Morgan fingerprint density at radius 2 is 1.65 bits per heavy atom. The summed E-state index contributed by atoms with van der Waals surface area (Å²) in [6.07, 6.45) is 3.52. The molecule has 0 radical (unpaired) electrons. The van der Waals surface area contributed by atoms with Crippen molar-refractivity contribution in [1.82, 2.24) is 15.0 Å². The molecule has 1 aliphatic heterocycles. The molecule has 7 heteroatoms. The molecule has 26 heavy (non-hydrogen) atoms. The third-order valence-corrected chi connectivity index (χ3v) is 4.61. The van der Waals surface area contributed by atoms with E-state index in [4.69, 9.17) is 11.5 Å². The number of nitrogen functional groups attached to an aromatic ring is 2. The number of benzene rings is 1. The van der Waals surface area contributed by atoms with Gasteiger partial charge in [-0.2, -0.15) is 4.98 Å². The van der Waals surface area contributed by atoms with Crippen LogP contribution in [0.5, 0.6) is 0 Å². The Morgan fingerprint density at radius 3 is 2.38 bits per heavy atom. The number of pyridine rings is 1. The highest BCUT2D eigenvalue weighted by molar-refractivity contribution is 5.67. The van der Waals surface area contributed by atoms with Crippen LogP contribution in [-0.4, -0.2) is 41.1 Å². The van der Waals surface area contributed by atoms with Crippen molar-refractivity contribution in [3.8, 4) is 11.3 Å². The van der Waals surface area contributed by atoms with E-state index in [1.165, 1.54) is 5.69 Å². The largest absolute Gasteiger partial charge is 0.382 e. The zero-order valence-electron chi connectivity index (χ0n) is 14.4. The summed E-state index contributed by atoms with van der Waals surface area (Å²) in [5, 5.41) is 0. The minimum absolute atomic E-state index is 0.205. The first-order valence-electron chi connectivity index (χ1n) is 8.60. The summed E-state index contributed by atoms with van der Waals surface area (Å²) in [4.78, 5) is 17.1. The van der Waals surface area contributed by atoms with Gasteiger partial charge in [0.05, 0.1) is 17.6 Å². The van der Waals surface area contributed by atoms with Gasteiger partial charge in [-0.15, -0.1) is 0 Å². The van der Waals surface area contributed by atoms with Crippen molar-refractivity contribution in [2.45, 2.75) is 0 Å². The Hall–Kier alpha value is -3.35. The van der Waals surface area contributed by atoms with Gasteiger partial charge >= 0.3 is 0 Å². The molecule has 1 aromatic carbocycles. The van der Waals surface area contributed by atoms with E-state index in [9.17, 15) is 0 Å². The van der Waals surface area contributed by atoms with Crippen LogP contribution >= 0.6 is 0 Å². The van der Waals surface area contributed by atoms with E-state index in [1.54, 1.807) is 6.20 Å². The Bertz CT molecular complexity index is 889. The summed E-state index contributed by atoms with van der Waals surface area (Å²) in [6, 6.07) is 14.5. The molecule has 1 saturated heterocycles. The van der Waals surface area contributed by atoms with Crippen molar-refractivity contribution < 1.29 is 0 Å². The van der Waals surface area contributed by atoms with Crippen molar-refractivity contribution in [1.29, 1.82) is 0 Å². The van der Waals surface area contributed by atoms with E-state index in [0.29, 0.717) is 5.82 Å². The van der Waals surface area contributed by atoms with E-state index in [1.807, 2.05) is 24.4 Å². The van der Waals surface area contributed by atoms with Crippen molar-refractivity contribution in [3.63, 3.8) is 0 Å². The first kappa shape index (κ1) is 16.1. The maximum Gasteiger partial charge on any atom is 0.222 e. The van der Waals surface area contributed by atoms with Crippen LogP contribution in [0.2, 0.25) is 0 Å². The zero-order valence-corrected chi connectivity index (χ0v) is 14.4. The first-order valence-corrected chi connectivity index (χ1v) is 8.60. The lowest BCUT2D eigenvalue weighted by molar-refractivity contribution is 0.652. The lowest BCUT2D eigenvalue weighted by atomic mass is 10.1. The second kappa shape index (κ2) is 6.87. The standard InChI is InChI=1S/C19H21N7/c20-18-17(13-23-19(21)24-18)26-10-8-25(9-11-26)15-5-3-4-14(12-15)16-6-1-2-7-22-16/h1-7,12-13H,8-11H2,(H4,20,21,23,24). The van der Waals surface area contributed by atoms with E-state index in [0.717, 1.165) is 43.1 Å². The van der Waals surface area contributed by atoms with Crippen molar-refractivity contribution in [3.05, 3.63) is 54.9 Å². The number of hydrogen-bond acceptors (Lipinski definition) is 7. The Morgan fingerprint density at radius 1 is 0.846 bits per heavy atom. The van der Waals surface area contributed by atoms with Gasteiger partial charge in [0.1, 0.15) is 0 Å². The summed E-state index contributed by atoms with van der Waals surface area (Å²) in [5.74, 6) is 0.638. The van der Waals surface area contributed by atoms with E-state index >= 15 is 0 Å². The molecule has 4 rings (SSSR count). The SMILES string of the molecule is Nc1ncc(N2CCN(c3cccc(-c4ccccn4)c3)CC2)c(N)n1. The van der Waals surface area contributed by atoms with E-state index in [-0.39, 0.29) is 5.95 Å². The van der Waals surface area contributed by atoms with Gasteiger partial charge in [-0.3, -0.25) is 4.98 Å².